The Labute approximate surface area is 240 Å². The van der Waals surface area contributed by atoms with Gasteiger partial charge in [-0.2, -0.15) is 4.99 Å². The van der Waals surface area contributed by atoms with Gasteiger partial charge in [-0.05, 0) is 77.6 Å². The number of carbonyl (C=O) groups is 2. The van der Waals surface area contributed by atoms with Crippen molar-refractivity contribution in [1.82, 2.24) is 15.2 Å². The van der Waals surface area contributed by atoms with Gasteiger partial charge in [-0.15, -0.1) is 0 Å². The molecule has 1 aliphatic carbocycles. The summed E-state index contributed by atoms with van der Waals surface area (Å²) < 4.78 is 33.7. The van der Waals surface area contributed by atoms with E-state index in [1.54, 1.807) is 6.20 Å². The Morgan fingerprint density at radius 1 is 1.05 bits per heavy atom. The van der Waals surface area contributed by atoms with Gasteiger partial charge in [-0.1, -0.05) is 6.42 Å². The van der Waals surface area contributed by atoms with Gasteiger partial charge < -0.3 is 15.0 Å². The molecule has 0 bridgehead atoms. The summed E-state index contributed by atoms with van der Waals surface area (Å²) >= 11 is 0. The molecule has 0 unspecified atom stereocenters. The van der Waals surface area contributed by atoms with Crippen molar-refractivity contribution in [3.05, 3.63) is 53.2 Å². The number of amidine groups is 1. The summed E-state index contributed by atoms with van der Waals surface area (Å²) in [6.45, 7) is 7.47. The van der Waals surface area contributed by atoms with Crippen molar-refractivity contribution >= 4 is 23.3 Å². The summed E-state index contributed by atoms with van der Waals surface area (Å²) in [7, 11) is 0. The summed E-state index contributed by atoms with van der Waals surface area (Å²) in [5.41, 5.74) is 1.64. The molecule has 3 aliphatic rings. The molecule has 2 amide bonds. The van der Waals surface area contributed by atoms with Crippen LogP contribution in [0.25, 0.3) is 0 Å². The highest BCUT2D eigenvalue weighted by Gasteiger charge is 2.37. The van der Waals surface area contributed by atoms with Crippen molar-refractivity contribution in [2.45, 2.75) is 77.3 Å². The quantitative estimate of drug-likeness (QED) is 0.488. The van der Waals surface area contributed by atoms with E-state index in [1.807, 2.05) is 19.9 Å². The van der Waals surface area contributed by atoms with Crippen molar-refractivity contribution in [3.8, 4) is 5.88 Å². The first-order chi connectivity index (χ1) is 19.8. The molecule has 3 heterocycles. The summed E-state index contributed by atoms with van der Waals surface area (Å²) in [6, 6.07) is 4.72. The number of aliphatic imine (C=N–C) groups is 1. The number of amides is 2. The van der Waals surface area contributed by atoms with Gasteiger partial charge in [-0.25, -0.2) is 13.8 Å². The predicted octanol–water partition coefficient (Wildman–Crippen LogP) is 4.91. The fourth-order valence-electron chi connectivity index (χ4n) is 6.11. The van der Waals surface area contributed by atoms with Crippen LogP contribution in [0.2, 0.25) is 0 Å². The highest BCUT2D eigenvalue weighted by molar-refractivity contribution is 6.12. The zero-order chi connectivity index (χ0) is 28.9. The van der Waals surface area contributed by atoms with Crippen molar-refractivity contribution in [2.24, 2.45) is 10.9 Å². The number of fused-ring (bicyclic) bond motifs is 1. The van der Waals surface area contributed by atoms with E-state index in [0.29, 0.717) is 24.7 Å². The summed E-state index contributed by atoms with van der Waals surface area (Å²) in [5.74, 6) is -1.31. The second-order valence-electron chi connectivity index (χ2n) is 11.6. The third-order valence-electron chi connectivity index (χ3n) is 8.13. The number of benzene rings is 1. The van der Waals surface area contributed by atoms with Crippen molar-refractivity contribution in [2.75, 3.05) is 31.1 Å². The van der Waals surface area contributed by atoms with Gasteiger partial charge in [0, 0.05) is 60.4 Å². The molecule has 5 rings (SSSR count). The summed E-state index contributed by atoms with van der Waals surface area (Å²) in [4.78, 5) is 39.0. The largest absolute Gasteiger partial charge is 0.476 e. The molecule has 2 aliphatic heterocycles. The molecule has 0 atom stereocenters. The summed E-state index contributed by atoms with van der Waals surface area (Å²) in [5, 5.41) is 3.01. The van der Waals surface area contributed by atoms with Crippen LogP contribution >= 0.6 is 0 Å². The van der Waals surface area contributed by atoms with E-state index in [0.717, 1.165) is 74.8 Å². The average Bonchev–Trinajstić information content (AvgIpc) is 3.29. The van der Waals surface area contributed by atoms with Crippen LogP contribution in [0.15, 0.2) is 35.5 Å². The number of likely N-dealkylation sites (tertiary alicyclic amines) is 1. The van der Waals surface area contributed by atoms with Crippen LogP contribution in [0, 0.1) is 17.6 Å². The van der Waals surface area contributed by atoms with Crippen LogP contribution in [-0.2, 0) is 11.2 Å². The highest BCUT2D eigenvalue weighted by Crippen LogP contribution is 2.38. The molecule has 1 N–H and O–H groups in total. The fourth-order valence-corrected chi connectivity index (χ4v) is 6.11. The third-order valence-corrected chi connectivity index (χ3v) is 8.13. The van der Waals surface area contributed by atoms with E-state index in [2.05, 4.69) is 25.1 Å². The maximum absolute atomic E-state index is 13.8. The Morgan fingerprint density at radius 2 is 1.76 bits per heavy atom. The van der Waals surface area contributed by atoms with Gasteiger partial charge in [0.25, 0.3) is 5.91 Å². The second-order valence-corrected chi connectivity index (χ2v) is 11.6. The number of piperidine rings is 1. The van der Waals surface area contributed by atoms with Crippen molar-refractivity contribution in [3.63, 3.8) is 0 Å². The van der Waals surface area contributed by atoms with E-state index in [1.165, 1.54) is 19.3 Å². The molecular formula is C31H39F2N5O3. The Morgan fingerprint density at radius 3 is 2.44 bits per heavy atom. The Kier molecular flexibility index (Phi) is 9.27. The number of rotatable bonds is 8. The third kappa shape index (κ3) is 7.28. The number of aromatic nitrogens is 1. The Hall–Kier alpha value is -3.40. The van der Waals surface area contributed by atoms with Gasteiger partial charge in [0.2, 0.25) is 11.8 Å². The van der Waals surface area contributed by atoms with Crippen LogP contribution in [0.4, 0.5) is 14.5 Å². The fraction of sp³-hybridized carbons (Fsp3) is 0.548. The molecule has 0 spiro atoms. The maximum atomic E-state index is 13.8. The molecule has 10 heteroatoms. The van der Waals surface area contributed by atoms with Gasteiger partial charge in [0.05, 0.1) is 5.69 Å². The Balaban J connectivity index is 1.36. The van der Waals surface area contributed by atoms with Crippen molar-refractivity contribution < 1.29 is 23.1 Å². The number of nitrogens with one attached hydrogen (secondary N) is 1. The minimum atomic E-state index is -0.825. The van der Waals surface area contributed by atoms with E-state index < -0.39 is 17.5 Å². The predicted molar refractivity (Wildman–Crippen MR) is 153 cm³/mol. The van der Waals surface area contributed by atoms with Gasteiger partial charge in [-0.3, -0.25) is 14.5 Å². The number of halogens is 2. The summed E-state index contributed by atoms with van der Waals surface area (Å²) in [6.07, 6.45) is 8.77. The topological polar surface area (TPSA) is 87.1 Å². The van der Waals surface area contributed by atoms with Crippen LogP contribution in [0.3, 0.4) is 0 Å². The number of hydrogen-bond donors (Lipinski definition) is 1. The molecule has 8 nitrogen and oxygen atoms in total. The average molecular weight is 568 g/mol. The molecule has 1 saturated carbocycles. The lowest BCUT2D eigenvalue weighted by Crippen LogP contribution is -2.44. The first-order valence-electron chi connectivity index (χ1n) is 14.8. The maximum Gasteiger partial charge on any atom is 0.278 e. The van der Waals surface area contributed by atoms with Crippen molar-refractivity contribution in [1.29, 1.82) is 0 Å². The number of anilines is 1. The van der Waals surface area contributed by atoms with Crippen LogP contribution in [0.1, 0.15) is 74.7 Å². The zero-order valence-electron chi connectivity index (χ0n) is 23.9. The second kappa shape index (κ2) is 13.1. The highest BCUT2D eigenvalue weighted by atomic mass is 19.1. The minimum Gasteiger partial charge on any atom is -0.476 e. The smallest absolute Gasteiger partial charge is 0.278 e. The molecule has 1 aromatic carbocycles. The van der Waals surface area contributed by atoms with Crippen LogP contribution in [-0.4, -0.2) is 65.9 Å². The molecule has 2 aromatic rings. The lowest BCUT2D eigenvalue weighted by atomic mass is 9.84. The van der Waals surface area contributed by atoms with E-state index in [-0.39, 0.29) is 29.5 Å². The lowest BCUT2D eigenvalue weighted by Gasteiger charge is -2.36. The number of pyridine rings is 1. The van der Waals surface area contributed by atoms with Gasteiger partial charge >= 0.3 is 0 Å². The standard InChI is InChI=1S/C31H39F2N5O3/c1-20(2)35-30(39)21-6-8-26(9-7-21)38-27-18-29(41-13-12-37-10-4-3-5-11-37)34-19-23(27)16-28(38)36-31(40)22-14-24(32)17-25(33)15-22/h14-15,17-21,26H,3-13,16H2,1-2H3,(H,35,39). The number of hydrogen-bond acceptors (Lipinski definition) is 5. The van der Waals surface area contributed by atoms with Gasteiger partial charge in [0.15, 0.2) is 0 Å². The molecule has 41 heavy (non-hydrogen) atoms. The van der Waals surface area contributed by atoms with E-state index in [4.69, 9.17) is 4.74 Å². The molecule has 2 fully saturated rings. The van der Waals surface area contributed by atoms with Crippen LogP contribution < -0.4 is 15.0 Å². The molecule has 220 valence electrons. The monoisotopic (exact) mass is 567 g/mol. The van der Waals surface area contributed by atoms with E-state index >= 15 is 0 Å². The number of carbonyl (C=O) groups excluding carboxylic acids is 2. The number of ether oxygens (including phenoxy) is 1. The lowest BCUT2D eigenvalue weighted by molar-refractivity contribution is -0.126. The molecular weight excluding hydrogens is 528 g/mol. The normalized spacial score (nSPS) is 22.2. The molecule has 1 saturated heterocycles. The van der Waals surface area contributed by atoms with Crippen LogP contribution in [0.5, 0.6) is 5.88 Å². The minimum absolute atomic E-state index is 0.0127. The number of nitrogens with zero attached hydrogens (tertiary/aromatic N) is 4. The SMILES string of the molecule is CC(C)NC(=O)C1CCC(N2C(=NC(=O)c3cc(F)cc(F)c3)Cc3cnc(OCCN4CCCCC4)cc32)CC1. The Bertz CT molecular complexity index is 1270. The van der Waals surface area contributed by atoms with E-state index in [9.17, 15) is 18.4 Å². The first kappa shape index (κ1) is 29.1. The molecule has 1 aromatic heterocycles. The zero-order valence-corrected chi connectivity index (χ0v) is 23.9. The van der Waals surface area contributed by atoms with Gasteiger partial charge in [0.1, 0.15) is 24.1 Å². The first-order valence-corrected chi connectivity index (χ1v) is 14.8. The molecule has 0 radical (unpaired) electrons.